The summed E-state index contributed by atoms with van der Waals surface area (Å²) in [6.45, 7) is 3.78. The average molecular weight is 241 g/mol. The summed E-state index contributed by atoms with van der Waals surface area (Å²) < 4.78 is 0. The molecule has 0 aromatic carbocycles. The van der Waals surface area contributed by atoms with Crippen molar-refractivity contribution < 1.29 is 5.11 Å². The number of hydrogen-bond donors (Lipinski definition) is 2. The van der Waals surface area contributed by atoms with E-state index in [-0.39, 0.29) is 0 Å². The highest BCUT2D eigenvalue weighted by Crippen LogP contribution is 2.23. The maximum atomic E-state index is 9.32. The van der Waals surface area contributed by atoms with Crippen LogP contribution < -0.4 is 5.32 Å². The first-order valence-corrected chi connectivity index (χ1v) is 7.72. The van der Waals surface area contributed by atoms with Crippen molar-refractivity contribution in [2.75, 3.05) is 13.2 Å². The van der Waals surface area contributed by atoms with Crippen LogP contribution in [0.15, 0.2) is 0 Å². The fraction of sp³-hybridized carbons (Fsp3) is 1.00. The summed E-state index contributed by atoms with van der Waals surface area (Å²) >= 11 is 0. The van der Waals surface area contributed by atoms with Gasteiger partial charge in [0.1, 0.15) is 0 Å². The van der Waals surface area contributed by atoms with E-state index in [2.05, 4.69) is 12.2 Å². The Labute approximate surface area is 107 Å². The van der Waals surface area contributed by atoms with E-state index in [4.69, 9.17) is 0 Å². The van der Waals surface area contributed by atoms with E-state index in [1.807, 2.05) is 0 Å². The molecule has 0 amide bonds. The lowest BCUT2D eigenvalue weighted by Crippen LogP contribution is -2.40. The molecule has 0 heterocycles. The van der Waals surface area contributed by atoms with Crippen LogP contribution in [0, 0.1) is 5.92 Å². The SMILES string of the molecule is CCCCCCCCNC1CCCCC1CO. The summed E-state index contributed by atoms with van der Waals surface area (Å²) in [7, 11) is 0. The van der Waals surface area contributed by atoms with Gasteiger partial charge in [-0.25, -0.2) is 0 Å². The van der Waals surface area contributed by atoms with Crippen molar-refractivity contribution in [3.63, 3.8) is 0 Å². The molecular weight excluding hydrogens is 210 g/mol. The fourth-order valence-electron chi connectivity index (χ4n) is 2.89. The molecule has 0 radical (unpaired) electrons. The minimum atomic E-state index is 0.369. The van der Waals surface area contributed by atoms with Gasteiger partial charge < -0.3 is 10.4 Å². The molecule has 1 aliphatic rings. The summed E-state index contributed by atoms with van der Waals surface area (Å²) in [6.07, 6.45) is 13.3. The second-order valence-electron chi connectivity index (χ2n) is 5.56. The molecule has 2 nitrogen and oxygen atoms in total. The molecule has 1 saturated carbocycles. The Hall–Kier alpha value is -0.0800. The summed E-state index contributed by atoms with van der Waals surface area (Å²) in [5.74, 6) is 0.517. The second kappa shape index (κ2) is 9.90. The molecule has 1 fully saturated rings. The van der Waals surface area contributed by atoms with Gasteiger partial charge in [0.05, 0.1) is 0 Å². The molecule has 1 aliphatic carbocycles. The van der Waals surface area contributed by atoms with Gasteiger partial charge in [-0.15, -0.1) is 0 Å². The molecule has 2 unspecified atom stereocenters. The van der Waals surface area contributed by atoms with Crippen LogP contribution in [0.4, 0.5) is 0 Å². The Morgan fingerprint density at radius 1 is 1.00 bits per heavy atom. The lowest BCUT2D eigenvalue weighted by molar-refractivity contribution is 0.153. The van der Waals surface area contributed by atoms with Crippen molar-refractivity contribution in [2.45, 2.75) is 77.2 Å². The number of nitrogens with one attached hydrogen (secondary N) is 1. The highest BCUT2D eigenvalue weighted by Gasteiger charge is 2.23. The van der Waals surface area contributed by atoms with Gasteiger partial charge in [-0.1, -0.05) is 51.9 Å². The summed E-state index contributed by atoms with van der Waals surface area (Å²) in [5, 5.41) is 13.0. The highest BCUT2D eigenvalue weighted by atomic mass is 16.3. The minimum Gasteiger partial charge on any atom is -0.396 e. The van der Waals surface area contributed by atoms with Crippen LogP contribution in [0.1, 0.15) is 71.1 Å². The van der Waals surface area contributed by atoms with E-state index in [0.29, 0.717) is 18.6 Å². The predicted molar refractivity (Wildman–Crippen MR) is 74.2 cm³/mol. The van der Waals surface area contributed by atoms with Gasteiger partial charge in [-0.05, 0) is 31.7 Å². The third-order valence-electron chi connectivity index (χ3n) is 4.08. The Morgan fingerprint density at radius 2 is 1.71 bits per heavy atom. The van der Waals surface area contributed by atoms with Gasteiger partial charge in [0.2, 0.25) is 0 Å². The molecule has 17 heavy (non-hydrogen) atoms. The first-order chi connectivity index (χ1) is 8.38. The zero-order chi connectivity index (χ0) is 12.3. The third kappa shape index (κ3) is 6.42. The van der Waals surface area contributed by atoms with Crippen LogP contribution >= 0.6 is 0 Å². The average Bonchev–Trinajstić information content (AvgIpc) is 2.38. The standard InChI is InChI=1S/C15H31NO/c1-2-3-4-5-6-9-12-16-15-11-8-7-10-14(15)13-17/h14-17H,2-13H2,1H3. The zero-order valence-corrected chi connectivity index (χ0v) is 11.6. The lowest BCUT2D eigenvalue weighted by Gasteiger charge is -2.31. The van der Waals surface area contributed by atoms with Gasteiger partial charge >= 0.3 is 0 Å². The van der Waals surface area contributed by atoms with Gasteiger partial charge in [0.25, 0.3) is 0 Å². The Kier molecular flexibility index (Phi) is 8.72. The van der Waals surface area contributed by atoms with Crippen LogP contribution in [0.5, 0.6) is 0 Å². The van der Waals surface area contributed by atoms with Gasteiger partial charge in [-0.2, -0.15) is 0 Å². The van der Waals surface area contributed by atoms with Crippen molar-refractivity contribution in [1.82, 2.24) is 5.32 Å². The largest absolute Gasteiger partial charge is 0.396 e. The summed E-state index contributed by atoms with van der Waals surface area (Å²) in [5.41, 5.74) is 0. The van der Waals surface area contributed by atoms with Gasteiger partial charge in [-0.3, -0.25) is 0 Å². The van der Waals surface area contributed by atoms with E-state index < -0.39 is 0 Å². The normalized spacial score (nSPS) is 25.1. The molecule has 0 spiro atoms. The monoisotopic (exact) mass is 241 g/mol. The van der Waals surface area contributed by atoms with Crippen molar-refractivity contribution >= 4 is 0 Å². The van der Waals surface area contributed by atoms with E-state index in [1.165, 1.54) is 64.2 Å². The van der Waals surface area contributed by atoms with E-state index in [9.17, 15) is 5.11 Å². The molecule has 0 aliphatic heterocycles. The van der Waals surface area contributed by atoms with Crippen LogP contribution in [0.25, 0.3) is 0 Å². The van der Waals surface area contributed by atoms with E-state index in [1.54, 1.807) is 0 Å². The summed E-state index contributed by atoms with van der Waals surface area (Å²) in [4.78, 5) is 0. The zero-order valence-electron chi connectivity index (χ0n) is 11.6. The van der Waals surface area contributed by atoms with Crippen LogP contribution in [-0.4, -0.2) is 24.3 Å². The van der Waals surface area contributed by atoms with Crippen molar-refractivity contribution in [3.8, 4) is 0 Å². The maximum absolute atomic E-state index is 9.32. The Balaban J connectivity index is 1.97. The maximum Gasteiger partial charge on any atom is 0.0474 e. The van der Waals surface area contributed by atoms with Crippen LogP contribution in [-0.2, 0) is 0 Å². The van der Waals surface area contributed by atoms with Crippen molar-refractivity contribution in [2.24, 2.45) is 5.92 Å². The van der Waals surface area contributed by atoms with Crippen molar-refractivity contribution in [1.29, 1.82) is 0 Å². The first-order valence-electron chi connectivity index (χ1n) is 7.72. The quantitative estimate of drug-likeness (QED) is 0.606. The lowest BCUT2D eigenvalue weighted by atomic mass is 9.85. The number of aliphatic hydroxyl groups excluding tert-OH is 1. The van der Waals surface area contributed by atoms with Crippen molar-refractivity contribution in [3.05, 3.63) is 0 Å². The molecular formula is C15H31NO. The number of hydrogen-bond acceptors (Lipinski definition) is 2. The molecule has 0 bridgehead atoms. The molecule has 2 heteroatoms. The molecule has 0 aromatic rings. The number of rotatable bonds is 9. The van der Waals surface area contributed by atoms with E-state index in [0.717, 1.165) is 6.54 Å². The molecule has 0 aromatic heterocycles. The Morgan fingerprint density at radius 3 is 2.47 bits per heavy atom. The molecule has 102 valence electrons. The molecule has 2 N–H and O–H groups in total. The number of aliphatic hydroxyl groups is 1. The molecule has 1 rings (SSSR count). The molecule has 0 saturated heterocycles. The fourth-order valence-corrected chi connectivity index (χ4v) is 2.89. The second-order valence-corrected chi connectivity index (χ2v) is 5.56. The highest BCUT2D eigenvalue weighted by molar-refractivity contribution is 4.80. The van der Waals surface area contributed by atoms with Crippen LogP contribution in [0.2, 0.25) is 0 Å². The predicted octanol–water partition coefficient (Wildman–Crippen LogP) is 3.49. The van der Waals surface area contributed by atoms with Gasteiger partial charge in [0, 0.05) is 12.6 Å². The van der Waals surface area contributed by atoms with Gasteiger partial charge in [0.15, 0.2) is 0 Å². The van der Waals surface area contributed by atoms with Crippen LogP contribution in [0.3, 0.4) is 0 Å². The van der Waals surface area contributed by atoms with E-state index >= 15 is 0 Å². The summed E-state index contributed by atoms with van der Waals surface area (Å²) in [6, 6.07) is 0.587. The Bertz CT molecular complexity index is 172. The minimum absolute atomic E-state index is 0.369. The number of unbranched alkanes of at least 4 members (excludes halogenated alkanes) is 5. The third-order valence-corrected chi connectivity index (χ3v) is 4.08. The topological polar surface area (TPSA) is 32.3 Å². The molecule has 2 atom stereocenters. The smallest absolute Gasteiger partial charge is 0.0474 e. The first kappa shape index (κ1) is 15.0.